The van der Waals surface area contributed by atoms with Crippen LogP contribution in [0, 0.1) is 5.92 Å². The van der Waals surface area contributed by atoms with Gasteiger partial charge in [-0.3, -0.25) is 0 Å². The van der Waals surface area contributed by atoms with Gasteiger partial charge in [0.05, 0.1) is 18.0 Å². The van der Waals surface area contributed by atoms with Crippen LogP contribution in [0.4, 0.5) is 0 Å². The number of hydrogen-bond donors (Lipinski definition) is 1. The molecule has 0 amide bonds. The maximum Gasteiger partial charge on any atom is 0.243 e. The lowest BCUT2D eigenvalue weighted by Crippen LogP contribution is -2.41. The van der Waals surface area contributed by atoms with Crippen molar-refractivity contribution < 1.29 is 13.2 Å². The second kappa shape index (κ2) is 10.4. The van der Waals surface area contributed by atoms with Gasteiger partial charge < -0.3 is 15.0 Å². The lowest BCUT2D eigenvalue weighted by Gasteiger charge is -2.27. The van der Waals surface area contributed by atoms with Gasteiger partial charge >= 0.3 is 0 Å². The third kappa shape index (κ3) is 5.71. The molecule has 2 heterocycles. The molecular formula is C21H34N4O3S. The standard InChI is InChI=1S/C21H34N4O3S/c1-3-22-21(24(2)16-18-11-14-28-17-18)23-15-19-9-5-6-10-20(19)29(26,27)25-12-7-4-8-13-25/h5-6,9-10,18H,3-4,7-8,11-17H2,1-2H3,(H,22,23). The molecule has 2 saturated heterocycles. The number of rotatable bonds is 7. The molecule has 29 heavy (non-hydrogen) atoms. The molecule has 0 saturated carbocycles. The topological polar surface area (TPSA) is 74.2 Å². The number of nitrogens with zero attached hydrogens (tertiary/aromatic N) is 3. The molecule has 0 spiro atoms. The van der Waals surface area contributed by atoms with Crippen LogP contribution in [0.3, 0.4) is 0 Å². The maximum atomic E-state index is 13.2. The minimum absolute atomic E-state index is 0.330. The summed E-state index contributed by atoms with van der Waals surface area (Å²) in [6.45, 7) is 6.84. The Morgan fingerprint density at radius 2 is 2.03 bits per heavy atom. The van der Waals surface area contributed by atoms with Gasteiger partial charge in [0.15, 0.2) is 5.96 Å². The van der Waals surface area contributed by atoms with Crippen molar-refractivity contribution in [2.24, 2.45) is 10.9 Å². The van der Waals surface area contributed by atoms with Crippen LogP contribution in [0.25, 0.3) is 0 Å². The lowest BCUT2D eigenvalue weighted by atomic mass is 10.1. The van der Waals surface area contributed by atoms with E-state index in [0.717, 1.165) is 63.5 Å². The molecule has 0 bridgehead atoms. The SMILES string of the molecule is CCNC(=NCc1ccccc1S(=O)(=O)N1CCCCC1)N(C)CC1CCOC1. The Bertz CT molecular complexity index is 785. The molecule has 8 heteroatoms. The maximum absolute atomic E-state index is 13.2. The zero-order valence-corrected chi connectivity index (χ0v) is 18.5. The van der Waals surface area contributed by atoms with Crippen LogP contribution >= 0.6 is 0 Å². The van der Waals surface area contributed by atoms with Crippen LogP contribution in [-0.2, 0) is 21.3 Å². The van der Waals surface area contributed by atoms with E-state index in [-0.39, 0.29) is 0 Å². The van der Waals surface area contributed by atoms with E-state index in [9.17, 15) is 8.42 Å². The summed E-state index contributed by atoms with van der Waals surface area (Å²) in [5, 5.41) is 3.32. The van der Waals surface area contributed by atoms with Gasteiger partial charge in [0.25, 0.3) is 0 Å². The largest absolute Gasteiger partial charge is 0.381 e. The molecule has 0 aromatic heterocycles. The predicted molar refractivity (Wildman–Crippen MR) is 115 cm³/mol. The molecule has 2 aliphatic rings. The van der Waals surface area contributed by atoms with Crippen LogP contribution < -0.4 is 5.32 Å². The highest BCUT2D eigenvalue weighted by molar-refractivity contribution is 7.89. The quantitative estimate of drug-likeness (QED) is 0.539. The average molecular weight is 423 g/mol. The zero-order chi connectivity index (χ0) is 20.7. The van der Waals surface area contributed by atoms with Gasteiger partial charge in [-0.2, -0.15) is 4.31 Å². The lowest BCUT2D eigenvalue weighted by molar-refractivity contribution is 0.181. The normalized spacial score (nSPS) is 21.3. The van der Waals surface area contributed by atoms with Crippen molar-refractivity contribution in [2.75, 3.05) is 46.4 Å². The summed E-state index contributed by atoms with van der Waals surface area (Å²) in [4.78, 5) is 7.25. The van der Waals surface area contributed by atoms with E-state index in [4.69, 9.17) is 9.73 Å². The van der Waals surface area contributed by atoms with Crippen LogP contribution in [0.15, 0.2) is 34.2 Å². The number of guanidine groups is 1. The molecule has 0 aliphatic carbocycles. The van der Waals surface area contributed by atoms with Crippen molar-refractivity contribution in [1.29, 1.82) is 0 Å². The molecular weight excluding hydrogens is 388 g/mol. The Morgan fingerprint density at radius 1 is 1.28 bits per heavy atom. The number of aliphatic imine (C=N–C) groups is 1. The first kappa shape index (κ1) is 22.1. The molecule has 1 aromatic rings. The summed E-state index contributed by atoms with van der Waals surface area (Å²) < 4.78 is 33.5. The first-order valence-electron chi connectivity index (χ1n) is 10.7. The molecule has 2 aliphatic heterocycles. The summed E-state index contributed by atoms with van der Waals surface area (Å²) in [6, 6.07) is 7.25. The molecule has 7 nitrogen and oxygen atoms in total. The molecule has 1 atom stereocenters. The van der Waals surface area contributed by atoms with Crippen LogP contribution in [0.1, 0.15) is 38.2 Å². The van der Waals surface area contributed by atoms with E-state index < -0.39 is 10.0 Å². The average Bonchev–Trinajstić information content (AvgIpc) is 3.25. The number of sulfonamides is 1. The Morgan fingerprint density at radius 3 is 2.72 bits per heavy atom. The Hall–Kier alpha value is -1.64. The smallest absolute Gasteiger partial charge is 0.243 e. The Labute approximate surface area is 175 Å². The monoisotopic (exact) mass is 422 g/mol. The first-order chi connectivity index (χ1) is 14.0. The van der Waals surface area contributed by atoms with Gasteiger partial charge in [-0.05, 0) is 37.8 Å². The predicted octanol–water partition coefficient (Wildman–Crippen LogP) is 2.30. The van der Waals surface area contributed by atoms with E-state index in [1.807, 2.05) is 26.1 Å². The second-order valence-corrected chi connectivity index (χ2v) is 9.76. The Kier molecular flexibility index (Phi) is 7.91. The number of hydrogen-bond acceptors (Lipinski definition) is 4. The third-order valence-corrected chi connectivity index (χ3v) is 7.56. The third-order valence-electron chi connectivity index (χ3n) is 5.56. The van der Waals surface area contributed by atoms with Crippen molar-refractivity contribution in [3.8, 4) is 0 Å². The molecule has 1 N–H and O–H groups in total. The van der Waals surface area contributed by atoms with E-state index in [1.165, 1.54) is 0 Å². The van der Waals surface area contributed by atoms with Gasteiger partial charge in [0.1, 0.15) is 0 Å². The molecule has 2 fully saturated rings. The number of piperidine rings is 1. The van der Waals surface area contributed by atoms with E-state index in [0.29, 0.717) is 30.4 Å². The van der Waals surface area contributed by atoms with Crippen molar-refractivity contribution in [3.63, 3.8) is 0 Å². The van der Waals surface area contributed by atoms with Gasteiger partial charge in [0, 0.05) is 45.8 Å². The minimum Gasteiger partial charge on any atom is -0.381 e. The van der Waals surface area contributed by atoms with Crippen LogP contribution in [0.5, 0.6) is 0 Å². The molecule has 3 rings (SSSR count). The molecule has 1 aromatic carbocycles. The van der Waals surface area contributed by atoms with Crippen molar-refractivity contribution in [1.82, 2.24) is 14.5 Å². The number of ether oxygens (including phenoxy) is 1. The fourth-order valence-electron chi connectivity index (χ4n) is 3.96. The van der Waals surface area contributed by atoms with Crippen molar-refractivity contribution >= 4 is 16.0 Å². The zero-order valence-electron chi connectivity index (χ0n) is 17.6. The highest BCUT2D eigenvalue weighted by atomic mass is 32.2. The number of nitrogens with one attached hydrogen (secondary N) is 1. The summed E-state index contributed by atoms with van der Waals surface area (Å²) in [7, 11) is -1.45. The van der Waals surface area contributed by atoms with Gasteiger partial charge in [0.2, 0.25) is 10.0 Å². The fraction of sp³-hybridized carbons (Fsp3) is 0.667. The van der Waals surface area contributed by atoms with E-state index in [1.54, 1.807) is 16.4 Å². The van der Waals surface area contributed by atoms with Gasteiger partial charge in [-0.25, -0.2) is 13.4 Å². The second-order valence-electron chi connectivity index (χ2n) is 7.85. The minimum atomic E-state index is -3.48. The fourth-order valence-corrected chi connectivity index (χ4v) is 5.69. The van der Waals surface area contributed by atoms with Crippen LogP contribution in [0.2, 0.25) is 0 Å². The van der Waals surface area contributed by atoms with Crippen LogP contribution in [-0.4, -0.2) is 70.0 Å². The first-order valence-corrected chi connectivity index (χ1v) is 12.1. The van der Waals surface area contributed by atoms with Gasteiger partial charge in [-0.1, -0.05) is 24.6 Å². The molecule has 1 unspecified atom stereocenters. The molecule has 162 valence electrons. The van der Waals surface area contributed by atoms with Gasteiger partial charge in [-0.15, -0.1) is 0 Å². The van der Waals surface area contributed by atoms with Crippen molar-refractivity contribution in [3.05, 3.63) is 29.8 Å². The summed E-state index contributed by atoms with van der Waals surface area (Å²) >= 11 is 0. The van der Waals surface area contributed by atoms with E-state index in [2.05, 4.69) is 10.2 Å². The highest BCUT2D eigenvalue weighted by Crippen LogP contribution is 2.24. The summed E-state index contributed by atoms with van der Waals surface area (Å²) in [5.74, 6) is 1.31. The Balaban J connectivity index is 1.77. The van der Waals surface area contributed by atoms with E-state index >= 15 is 0 Å². The molecule has 0 radical (unpaired) electrons. The summed E-state index contributed by atoms with van der Waals surface area (Å²) in [6.07, 6.45) is 4.03. The van der Waals surface area contributed by atoms with Crippen molar-refractivity contribution in [2.45, 2.75) is 44.0 Å². The number of benzene rings is 1. The summed E-state index contributed by atoms with van der Waals surface area (Å²) in [5.41, 5.74) is 0.742. The highest BCUT2D eigenvalue weighted by Gasteiger charge is 2.28.